The summed E-state index contributed by atoms with van der Waals surface area (Å²) in [5.74, 6) is 1.19. The normalized spacial score (nSPS) is 11.6. The van der Waals surface area contributed by atoms with Gasteiger partial charge in [-0.1, -0.05) is 48.0 Å². The van der Waals surface area contributed by atoms with Crippen molar-refractivity contribution in [2.75, 3.05) is 11.9 Å². The highest BCUT2D eigenvalue weighted by atomic mass is 35.5. The van der Waals surface area contributed by atoms with Crippen LogP contribution in [0.4, 0.5) is 5.82 Å². The summed E-state index contributed by atoms with van der Waals surface area (Å²) in [6, 6.07) is 19.4. The van der Waals surface area contributed by atoms with Crippen molar-refractivity contribution in [3.63, 3.8) is 0 Å². The van der Waals surface area contributed by atoms with Gasteiger partial charge in [0, 0.05) is 24.5 Å². The Morgan fingerprint density at radius 1 is 0.933 bits per heavy atom. The number of fused-ring (bicyclic) bond motifs is 1. The lowest BCUT2D eigenvalue weighted by atomic mass is 10.2. The Morgan fingerprint density at radius 2 is 1.70 bits per heavy atom. The molecule has 0 atom stereocenters. The monoisotopic (exact) mass is 442 g/mol. The molecule has 4 rings (SSSR count). The molecule has 8 nitrogen and oxygen atoms in total. The first-order valence-electron chi connectivity index (χ1n) is 9.26. The van der Waals surface area contributed by atoms with Crippen LogP contribution in [0.1, 0.15) is 11.4 Å². The van der Waals surface area contributed by atoms with Crippen LogP contribution in [0.15, 0.2) is 71.6 Å². The van der Waals surface area contributed by atoms with E-state index in [1.54, 1.807) is 40.9 Å². The number of sulfonamides is 1. The van der Waals surface area contributed by atoms with E-state index in [4.69, 9.17) is 11.6 Å². The number of nitrogens with one attached hydrogen (secondary N) is 2. The van der Waals surface area contributed by atoms with Gasteiger partial charge in [-0.2, -0.15) is 4.52 Å². The second kappa shape index (κ2) is 8.78. The molecule has 0 saturated heterocycles. The number of hydrogen-bond acceptors (Lipinski definition) is 6. The average molecular weight is 443 g/mol. The molecule has 154 valence electrons. The molecule has 0 aliphatic heterocycles. The molecule has 0 aliphatic carbocycles. The highest BCUT2D eigenvalue weighted by Crippen LogP contribution is 2.16. The summed E-state index contributed by atoms with van der Waals surface area (Å²) in [5, 5.41) is 16.6. The third kappa shape index (κ3) is 4.59. The number of rotatable bonds is 8. The van der Waals surface area contributed by atoms with E-state index in [0.717, 1.165) is 5.56 Å². The van der Waals surface area contributed by atoms with E-state index in [2.05, 4.69) is 25.3 Å². The predicted octanol–water partition coefficient (Wildman–Crippen LogP) is 2.91. The van der Waals surface area contributed by atoms with Crippen molar-refractivity contribution >= 4 is 33.1 Å². The Morgan fingerprint density at radius 3 is 2.50 bits per heavy atom. The minimum Gasteiger partial charge on any atom is -0.364 e. The van der Waals surface area contributed by atoms with E-state index in [0.29, 0.717) is 35.3 Å². The number of benzene rings is 2. The molecule has 0 spiro atoms. The zero-order valence-electron chi connectivity index (χ0n) is 15.9. The molecule has 0 amide bonds. The minimum atomic E-state index is -3.57. The first-order chi connectivity index (χ1) is 14.5. The molecule has 0 radical (unpaired) electrons. The first kappa shape index (κ1) is 20.3. The Bertz CT molecular complexity index is 1260. The Balaban J connectivity index is 1.43. The molecule has 0 saturated carbocycles. The Labute approximate surface area is 179 Å². The van der Waals surface area contributed by atoms with E-state index in [-0.39, 0.29) is 11.4 Å². The highest BCUT2D eigenvalue weighted by Gasteiger charge is 2.14. The van der Waals surface area contributed by atoms with Gasteiger partial charge in [-0.15, -0.1) is 15.3 Å². The second-order valence-electron chi connectivity index (χ2n) is 6.51. The molecule has 0 aliphatic rings. The van der Waals surface area contributed by atoms with Crippen LogP contribution in [0, 0.1) is 0 Å². The summed E-state index contributed by atoms with van der Waals surface area (Å²) in [4.78, 5) is 0.222. The van der Waals surface area contributed by atoms with Crippen molar-refractivity contribution in [2.45, 2.75) is 17.9 Å². The molecular formula is C20H19ClN6O2S. The number of anilines is 1. The minimum absolute atomic E-state index is 0.178. The molecule has 2 heterocycles. The number of nitrogens with zero attached hydrogens (tertiary/aromatic N) is 4. The summed E-state index contributed by atoms with van der Waals surface area (Å²) in [6.07, 6.45) is 0.341. The fourth-order valence-electron chi connectivity index (χ4n) is 2.89. The van der Waals surface area contributed by atoms with E-state index in [1.165, 1.54) is 0 Å². The molecule has 0 fully saturated rings. The van der Waals surface area contributed by atoms with Crippen molar-refractivity contribution < 1.29 is 8.42 Å². The quantitative estimate of drug-likeness (QED) is 0.435. The molecule has 0 unspecified atom stereocenters. The summed E-state index contributed by atoms with van der Waals surface area (Å²) >= 11 is 6.19. The van der Waals surface area contributed by atoms with Crippen molar-refractivity contribution in [3.8, 4) is 0 Å². The maximum Gasteiger partial charge on any atom is 0.240 e. The van der Waals surface area contributed by atoms with Crippen LogP contribution in [-0.4, -0.2) is 34.8 Å². The zero-order valence-corrected chi connectivity index (χ0v) is 17.4. The Hall–Kier alpha value is -3.01. The van der Waals surface area contributed by atoms with Crippen LogP contribution < -0.4 is 10.0 Å². The lowest BCUT2D eigenvalue weighted by Gasteiger charge is -2.08. The van der Waals surface area contributed by atoms with Gasteiger partial charge in [0.1, 0.15) is 5.82 Å². The average Bonchev–Trinajstić information content (AvgIpc) is 3.16. The van der Waals surface area contributed by atoms with Gasteiger partial charge < -0.3 is 5.32 Å². The van der Waals surface area contributed by atoms with Crippen LogP contribution in [0.25, 0.3) is 5.65 Å². The zero-order chi connectivity index (χ0) is 21.0. The maximum absolute atomic E-state index is 12.3. The van der Waals surface area contributed by atoms with Gasteiger partial charge in [0.25, 0.3) is 0 Å². The maximum atomic E-state index is 12.3. The molecule has 2 N–H and O–H groups in total. The summed E-state index contributed by atoms with van der Waals surface area (Å²) in [5.41, 5.74) is 1.54. The van der Waals surface area contributed by atoms with Crippen LogP contribution in [0.2, 0.25) is 5.02 Å². The molecule has 2 aromatic carbocycles. The topological polar surface area (TPSA) is 101 Å². The Kier molecular flexibility index (Phi) is 5.93. The fourth-order valence-corrected chi connectivity index (χ4v) is 4.15. The van der Waals surface area contributed by atoms with Gasteiger partial charge in [0.05, 0.1) is 4.90 Å². The largest absolute Gasteiger partial charge is 0.364 e. The van der Waals surface area contributed by atoms with Gasteiger partial charge in [-0.3, -0.25) is 0 Å². The van der Waals surface area contributed by atoms with Crippen molar-refractivity contribution in [3.05, 3.63) is 83.1 Å². The fraction of sp³-hybridized carbons (Fsp3) is 0.150. The van der Waals surface area contributed by atoms with E-state index >= 15 is 0 Å². The molecule has 4 aromatic rings. The van der Waals surface area contributed by atoms with Crippen LogP contribution in [-0.2, 0) is 23.0 Å². The molecule has 0 bridgehead atoms. The van der Waals surface area contributed by atoms with E-state index in [1.807, 2.05) is 30.3 Å². The SMILES string of the molecule is O=S(=O)(NCCc1nnc2ccc(NCc3ccccc3Cl)nn12)c1ccccc1. The second-order valence-corrected chi connectivity index (χ2v) is 8.68. The van der Waals surface area contributed by atoms with Gasteiger partial charge in [-0.05, 0) is 35.9 Å². The van der Waals surface area contributed by atoms with E-state index in [9.17, 15) is 8.42 Å². The number of aromatic nitrogens is 4. The highest BCUT2D eigenvalue weighted by molar-refractivity contribution is 7.89. The van der Waals surface area contributed by atoms with Crippen LogP contribution in [0.3, 0.4) is 0 Å². The van der Waals surface area contributed by atoms with Crippen LogP contribution >= 0.6 is 11.6 Å². The lowest BCUT2D eigenvalue weighted by molar-refractivity contribution is 0.580. The van der Waals surface area contributed by atoms with Crippen molar-refractivity contribution in [2.24, 2.45) is 0 Å². The standard InChI is InChI=1S/C20H19ClN6O2S/c21-17-9-5-4-6-15(17)14-22-18-10-11-19-24-25-20(27(19)26-18)12-13-23-30(28,29)16-7-2-1-3-8-16/h1-11,23H,12-14H2,(H,22,26). The van der Waals surface area contributed by atoms with Gasteiger partial charge in [0.15, 0.2) is 11.5 Å². The first-order valence-corrected chi connectivity index (χ1v) is 11.1. The molecule has 2 aromatic heterocycles. The molecule has 10 heteroatoms. The van der Waals surface area contributed by atoms with Crippen molar-refractivity contribution in [1.29, 1.82) is 0 Å². The number of halogens is 1. The van der Waals surface area contributed by atoms with E-state index < -0.39 is 10.0 Å². The summed E-state index contributed by atoms with van der Waals surface area (Å²) in [7, 11) is -3.57. The molecular weight excluding hydrogens is 424 g/mol. The lowest BCUT2D eigenvalue weighted by Crippen LogP contribution is -2.26. The summed E-state index contributed by atoms with van der Waals surface area (Å²) < 4.78 is 28.9. The molecule has 30 heavy (non-hydrogen) atoms. The van der Waals surface area contributed by atoms with Crippen molar-refractivity contribution in [1.82, 2.24) is 24.5 Å². The predicted molar refractivity (Wildman–Crippen MR) is 115 cm³/mol. The summed E-state index contributed by atoms with van der Waals surface area (Å²) in [6.45, 7) is 0.698. The number of hydrogen-bond donors (Lipinski definition) is 2. The van der Waals surface area contributed by atoms with Gasteiger partial charge >= 0.3 is 0 Å². The third-order valence-corrected chi connectivity index (χ3v) is 6.29. The smallest absolute Gasteiger partial charge is 0.240 e. The van der Waals surface area contributed by atoms with Crippen LogP contribution in [0.5, 0.6) is 0 Å². The third-order valence-electron chi connectivity index (χ3n) is 4.44. The van der Waals surface area contributed by atoms with Gasteiger partial charge in [0.2, 0.25) is 10.0 Å². The van der Waals surface area contributed by atoms with Gasteiger partial charge in [-0.25, -0.2) is 13.1 Å².